The Morgan fingerprint density at radius 1 is 1.39 bits per heavy atom. The number of hydrogen-bond donors (Lipinski definition) is 2. The van der Waals surface area contributed by atoms with Crippen LogP contribution in [-0.2, 0) is 0 Å². The largest absolute Gasteiger partial charge is 0.398 e. The van der Waals surface area contributed by atoms with Crippen LogP contribution >= 0.6 is 0 Å². The molecular formula is C14H22N2O2. The van der Waals surface area contributed by atoms with E-state index in [1.165, 1.54) is 0 Å². The van der Waals surface area contributed by atoms with Crippen LogP contribution in [0.15, 0.2) is 18.2 Å². The number of nitrogens with zero attached hydrogens (tertiary/aromatic N) is 1. The molecular weight excluding hydrogens is 228 g/mol. The van der Waals surface area contributed by atoms with Gasteiger partial charge in [-0.05, 0) is 25.1 Å². The molecule has 0 spiro atoms. The lowest BCUT2D eigenvalue weighted by Gasteiger charge is -2.18. The first-order chi connectivity index (χ1) is 8.58. The minimum absolute atomic E-state index is 0.0955. The number of nitrogens with two attached hydrogens (primary N) is 1. The molecule has 0 atom stereocenters. The Morgan fingerprint density at radius 2 is 2.11 bits per heavy atom. The van der Waals surface area contributed by atoms with Crippen molar-refractivity contribution in [3.8, 4) is 0 Å². The summed E-state index contributed by atoms with van der Waals surface area (Å²) in [5.74, 6) is 0.0955. The zero-order valence-electron chi connectivity index (χ0n) is 11.1. The van der Waals surface area contributed by atoms with Crippen LogP contribution in [0.3, 0.4) is 0 Å². The summed E-state index contributed by atoms with van der Waals surface area (Å²) in [6.07, 6.45) is 0.455. The summed E-state index contributed by atoms with van der Waals surface area (Å²) in [5.41, 5.74) is 8.10. The van der Waals surface area contributed by atoms with E-state index in [4.69, 9.17) is 10.8 Å². The summed E-state index contributed by atoms with van der Waals surface area (Å²) in [6, 6.07) is 5.42. The standard InChI is InChI=1S/C14H22N2O2/c1-3-16(8-9-17)7-6-14(18)12-5-4-11(2)13(15)10-12/h4-5,10,17H,3,6-9,15H2,1-2H3. The molecule has 0 aromatic heterocycles. The molecule has 1 rings (SSSR count). The Kier molecular flexibility index (Phi) is 5.82. The van der Waals surface area contributed by atoms with E-state index in [2.05, 4.69) is 4.90 Å². The molecule has 0 heterocycles. The highest BCUT2D eigenvalue weighted by atomic mass is 16.3. The van der Waals surface area contributed by atoms with Crippen LogP contribution in [0, 0.1) is 6.92 Å². The molecule has 0 aliphatic rings. The van der Waals surface area contributed by atoms with E-state index in [1.54, 1.807) is 6.07 Å². The molecule has 0 saturated heterocycles. The number of rotatable bonds is 7. The number of benzene rings is 1. The van der Waals surface area contributed by atoms with Gasteiger partial charge in [-0.2, -0.15) is 0 Å². The lowest BCUT2D eigenvalue weighted by molar-refractivity contribution is 0.0959. The van der Waals surface area contributed by atoms with E-state index in [0.29, 0.717) is 30.8 Å². The van der Waals surface area contributed by atoms with Gasteiger partial charge in [-0.15, -0.1) is 0 Å². The molecule has 4 nitrogen and oxygen atoms in total. The van der Waals surface area contributed by atoms with Gasteiger partial charge in [-0.1, -0.05) is 19.1 Å². The first-order valence-corrected chi connectivity index (χ1v) is 6.31. The van der Waals surface area contributed by atoms with Gasteiger partial charge in [-0.25, -0.2) is 0 Å². The number of aliphatic hydroxyl groups excluding tert-OH is 1. The van der Waals surface area contributed by atoms with Crippen molar-refractivity contribution in [2.75, 3.05) is 32.0 Å². The summed E-state index contributed by atoms with van der Waals surface area (Å²) >= 11 is 0. The van der Waals surface area contributed by atoms with Gasteiger partial charge >= 0.3 is 0 Å². The van der Waals surface area contributed by atoms with Crippen LogP contribution in [-0.4, -0.2) is 42.0 Å². The van der Waals surface area contributed by atoms with Crippen LogP contribution in [0.4, 0.5) is 5.69 Å². The van der Waals surface area contributed by atoms with Gasteiger partial charge in [0, 0.05) is 30.8 Å². The number of carbonyl (C=O) groups excluding carboxylic acids is 1. The summed E-state index contributed by atoms with van der Waals surface area (Å²) in [4.78, 5) is 14.0. The van der Waals surface area contributed by atoms with Crippen molar-refractivity contribution in [3.63, 3.8) is 0 Å². The molecule has 0 amide bonds. The van der Waals surface area contributed by atoms with Crippen molar-refractivity contribution >= 4 is 11.5 Å². The summed E-state index contributed by atoms with van der Waals surface area (Å²) in [6.45, 7) is 6.18. The number of hydrogen-bond acceptors (Lipinski definition) is 4. The number of aryl methyl sites for hydroxylation is 1. The third-order valence-electron chi connectivity index (χ3n) is 3.12. The normalized spacial score (nSPS) is 10.9. The second kappa shape index (κ2) is 7.13. The Balaban J connectivity index is 2.57. The molecule has 3 N–H and O–H groups in total. The number of anilines is 1. The SMILES string of the molecule is CCN(CCO)CCC(=O)c1ccc(C)c(N)c1. The number of carbonyl (C=O) groups is 1. The van der Waals surface area contributed by atoms with Crippen molar-refractivity contribution in [2.24, 2.45) is 0 Å². The van der Waals surface area contributed by atoms with Crippen LogP contribution in [0.2, 0.25) is 0 Å². The molecule has 4 heteroatoms. The number of likely N-dealkylation sites (N-methyl/N-ethyl adjacent to an activating group) is 1. The van der Waals surface area contributed by atoms with E-state index >= 15 is 0 Å². The molecule has 0 aliphatic heterocycles. The fourth-order valence-electron chi connectivity index (χ4n) is 1.79. The quantitative estimate of drug-likeness (QED) is 0.568. The highest BCUT2D eigenvalue weighted by molar-refractivity contribution is 5.97. The van der Waals surface area contributed by atoms with Crippen molar-refractivity contribution in [2.45, 2.75) is 20.3 Å². The number of nitrogen functional groups attached to an aromatic ring is 1. The van der Waals surface area contributed by atoms with Gasteiger partial charge in [0.05, 0.1) is 6.61 Å². The van der Waals surface area contributed by atoms with Crippen molar-refractivity contribution in [1.82, 2.24) is 4.90 Å². The molecule has 0 unspecified atom stereocenters. The van der Waals surface area contributed by atoms with Gasteiger partial charge in [-0.3, -0.25) is 4.79 Å². The maximum atomic E-state index is 12.0. The molecule has 18 heavy (non-hydrogen) atoms. The summed E-state index contributed by atoms with van der Waals surface area (Å²) < 4.78 is 0. The maximum Gasteiger partial charge on any atom is 0.164 e. The van der Waals surface area contributed by atoms with Gasteiger partial charge in [0.1, 0.15) is 0 Å². The zero-order valence-corrected chi connectivity index (χ0v) is 11.1. The predicted molar refractivity (Wildman–Crippen MR) is 73.7 cm³/mol. The fourth-order valence-corrected chi connectivity index (χ4v) is 1.79. The zero-order chi connectivity index (χ0) is 13.5. The van der Waals surface area contributed by atoms with Crippen LogP contribution in [0.25, 0.3) is 0 Å². The maximum absolute atomic E-state index is 12.0. The van der Waals surface area contributed by atoms with Gasteiger partial charge in [0.15, 0.2) is 5.78 Å². The highest BCUT2D eigenvalue weighted by Crippen LogP contribution is 2.14. The second-order valence-corrected chi connectivity index (χ2v) is 4.40. The topological polar surface area (TPSA) is 66.6 Å². The third kappa shape index (κ3) is 4.13. The van der Waals surface area contributed by atoms with Crippen molar-refractivity contribution in [3.05, 3.63) is 29.3 Å². The Labute approximate surface area is 108 Å². The molecule has 0 fully saturated rings. The lowest BCUT2D eigenvalue weighted by atomic mass is 10.0. The Morgan fingerprint density at radius 3 is 2.67 bits per heavy atom. The molecule has 0 aliphatic carbocycles. The second-order valence-electron chi connectivity index (χ2n) is 4.40. The smallest absolute Gasteiger partial charge is 0.164 e. The monoisotopic (exact) mass is 250 g/mol. The van der Waals surface area contributed by atoms with Gasteiger partial charge < -0.3 is 15.7 Å². The highest BCUT2D eigenvalue weighted by Gasteiger charge is 2.09. The predicted octanol–water partition coefficient (Wildman–Crippen LogP) is 1.46. The molecule has 0 saturated carbocycles. The average molecular weight is 250 g/mol. The first kappa shape index (κ1) is 14.7. The number of ketones is 1. The van der Waals surface area contributed by atoms with E-state index in [0.717, 1.165) is 12.1 Å². The average Bonchev–Trinajstić information content (AvgIpc) is 2.37. The molecule has 100 valence electrons. The number of Topliss-reactive ketones (excluding diaryl/α,β-unsaturated/α-hetero) is 1. The van der Waals surface area contributed by atoms with Crippen LogP contribution in [0.1, 0.15) is 29.3 Å². The van der Waals surface area contributed by atoms with E-state index < -0.39 is 0 Å². The minimum Gasteiger partial charge on any atom is -0.398 e. The minimum atomic E-state index is 0.0955. The lowest BCUT2D eigenvalue weighted by Crippen LogP contribution is -2.29. The van der Waals surface area contributed by atoms with Crippen LogP contribution in [0.5, 0.6) is 0 Å². The Bertz CT molecular complexity index is 405. The van der Waals surface area contributed by atoms with Crippen LogP contribution < -0.4 is 5.73 Å². The summed E-state index contributed by atoms with van der Waals surface area (Å²) in [5, 5.41) is 8.87. The van der Waals surface area contributed by atoms with Gasteiger partial charge in [0.25, 0.3) is 0 Å². The first-order valence-electron chi connectivity index (χ1n) is 6.31. The fraction of sp³-hybridized carbons (Fsp3) is 0.500. The molecule has 0 bridgehead atoms. The van der Waals surface area contributed by atoms with Gasteiger partial charge in [0.2, 0.25) is 0 Å². The molecule has 1 aromatic rings. The number of aliphatic hydroxyl groups is 1. The molecule has 0 radical (unpaired) electrons. The summed E-state index contributed by atoms with van der Waals surface area (Å²) in [7, 11) is 0. The van der Waals surface area contributed by atoms with Crippen molar-refractivity contribution < 1.29 is 9.90 Å². The molecule has 1 aromatic carbocycles. The Hall–Kier alpha value is -1.39. The van der Waals surface area contributed by atoms with Crippen molar-refractivity contribution in [1.29, 1.82) is 0 Å². The third-order valence-corrected chi connectivity index (χ3v) is 3.12. The van der Waals surface area contributed by atoms with E-state index in [-0.39, 0.29) is 12.4 Å². The van der Waals surface area contributed by atoms with E-state index in [1.807, 2.05) is 26.0 Å². The van der Waals surface area contributed by atoms with E-state index in [9.17, 15) is 4.79 Å².